The summed E-state index contributed by atoms with van der Waals surface area (Å²) in [6.07, 6.45) is 0. The maximum absolute atomic E-state index is 6.69. The average Bonchev–Trinajstić information content (AvgIpc) is 2.10. The minimum absolute atomic E-state index is 0.0394. The van der Waals surface area contributed by atoms with E-state index in [0.717, 1.165) is 11.3 Å². The second-order valence-electron chi connectivity index (χ2n) is 1.01. The van der Waals surface area contributed by atoms with Gasteiger partial charge in [0.05, 0.1) is 11.2 Å². The first-order valence-electron chi connectivity index (χ1n) is 3.25. The van der Waals surface area contributed by atoms with E-state index < -0.39 is 7.04 Å². The van der Waals surface area contributed by atoms with E-state index in [-0.39, 0.29) is 10.3 Å². The quantitative estimate of drug-likeness (QED) is 0.593. The molecule has 5 heteroatoms. The van der Waals surface area contributed by atoms with Crippen LogP contribution in [0.25, 0.3) is 0 Å². The number of methoxy groups -OCH3 is 1. The monoisotopic (exact) mass is 134 g/mol. The molecule has 2 N–H and O–H groups in total. The van der Waals surface area contributed by atoms with E-state index in [0.29, 0.717) is 0 Å². The van der Waals surface area contributed by atoms with Crippen LogP contribution in [0.3, 0.4) is 0 Å². The fourth-order valence-corrected chi connectivity index (χ4v) is 0.646. The molecule has 0 spiro atoms. The van der Waals surface area contributed by atoms with Gasteiger partial charge < -0.3 is 10.5 Å². The summed E-state index contributed by atoms with van der Waals surface area (Å²) in [4.78, 5) is 0. The molecule has 1 aromatic rings. The minimum atomic E-state index is -2.48. The Morgan fingerprint density at radius 1 is 1.88 bits per heavy atom. The van der Waals surface area contributed by atoms with Crippen LogP contribution < -0.4 is 10.5 Å². The number of rotatable bonds is 1. The van der Waals surface area contributed by atoms with Crippen molar-refractivity contribution < 1.29 is 8.85 Å². The summed E-state index contributed by atoms with van der Waals surface area (Å²) in [5.74, 6) is 0. The zero-order valence-corrected chi connectivity index (χ0v) is 4.60. The van der Waals surface area contributed by atoms with Crippen LogP contribution in [0.1, 0.15) is 4.11 Å². The Labute approximate surface area is 54.5 Å². The van der Waals surface area contributed by atoms with Gasteiger partial charge in [0.2, 0.25) is 5.13 Å². The van der Waals surface area contributed by atoms with Crippen molar-refractivity contribution in [1.82, 2.24) is 10.2 Å². The topological polar surface area (TPSA) is 61.0 Å². The maximum atomic E-state index is 6.69. The van der Waals surface area contributed by atoms with E-state index in [4.69, 9.17) is 9.85 Å². The summed E-state index contributed by atoms with van der Waals surface area (Å²) in [6.45, 7) is 0. The summed E-state index contributed by atoms with van der Waals surface area (Å²) < 4.78 is 24.5. The van der Waals surface area contributed by atoms with Crippen molar-refractivity contribution >= 4 is 16.5 Å². The van der Waals surface area contributed by atoms with Gasteiger partial charge in [-0.05, 0) is 11.3 Å². The summed E-state index contributed by atoms with van der Waals surface area (Å²) in [5.41, 5.74) is 5.18. The van der Waals surface area contributed by atoms with Crippen molar-refractivity contribution in [3.8, 4) is 5.19 Å². The van der Waals surface area contributed by atoms with Gasteiger partial charge in [0, 0.05) is 0 Å². The molecule has 1 rings (SSSR count). The summed E-state index contributed by atoms with van der Waals surface area (Å²) in [6, 6.07) is 0. The lowest BCUT2D eigenvalue weighted by atomic mass is 11.3. The summed E-state index contributed by atoms with van der Waals surface area (Å²) in [7, 11) is -2.48. The molecule has 0 bridgehead atoms. The SMILES string of the molecule is [2H]C([2H])([2H])Oc1nnc(N)s1. The van der Waals surface area contributed by atoms with Crippen LogP contribution in [-0.4, -0.2) is 17.2 Å². The molecule has 0 aliphatic heterocycles. The van der Waals surface area contributed by atoms with Crippen LogP contribution in [0.2, 0.25) is 0 Å². The molecular formula is C3H5N3OS. The van der Waals surface area contributed by atoms with E-state index in [1.807, 2.05) is 0 Å². The molecule has 1 heterocycles. The van der Waals surface area contributed by atoms with E-state index in [1.165, 1.54) is 0 Å². The second-order valence-corrected chi connectivity index (χ2v) is 1.98. The third-order valence-electron chi connectivity index (χ3n) is 0.509. The van der Waals surface area contributed by atoms with E-state index in [9.17, 15) is 0 Å². The fourth-order valence-electron chi connectivity index (χ4n) is 0.262. The Balaban J connectivity index is 2.65. The lowest BCUT2D eigenvalue weighted by Gasteiger charge is -1.82. The van der Waals surface area contributed by atoms with Crippen molar-refractivity contribution in [2.75, 3.05) is 12.8 Å². The molecule has 0 radical (unpaired) electrons. The number of hydrogen-bond acceptors (Lipinski definition) is 5. The van der Waals surface area contributed by atoms with Crippen LogP contribution in [0.5, 0.6) is 5.19 Å². The highest BCUT2D eigenvalue weighted by Gasteiger charge is 1.95. The molecule has 1 aromatic heterocycles. The van der Waals surface area contributed by atoms with Crippen LogP contribution in [0, 0.1) is 0 Å². The van der Waals surface area contributed by atoms with Gasteiger partial charge in [0.1, 0.15) is 0 Å². The molecule has 0 aromatic carbocycles. The van der Waals surface area contributed by atoms with Gasteiger partial charge in [-0.3, -0.25) is 0 Å². The van der Waals surface area contributed by atoms with Crippen molar-refractivity contribution in [1.29, 1.82) is 0 Å². The molecular weight excluding hydrogens is 126 g/mol. The maximum Gasteiger partial charge on any atom is 0.295 e. The van der Waals surface area contributed by atoms with E-state index in [2.05, 4.69) is 14.9 Å². The zero-order chi connectivity index (χ0) is 8.48. The molecule has 0 fully saturated rings. The highest BCUT2D eigenvalue weighted by molar-refractivity contribution is 7.16. The lowest BCUT2D eigenvalue weighted by Crippen LogP contribution is -1.80. The first-order valence-corrected chi connectivity index (χ1v) is 2.57. The molecule has 0 atom stereocenters. The average molecular weight is 134 g/mol. The third-order valence-corrected chi connectivity index (χ3v) is 1.14. The second kappa shape index (κ2) is 1.95. The molecule has 0 aliphatic rings. The van der Waals surface area contributed by atoms with Crippen molar-refractivity contribution in [3.05, 3.63) is 0 Å². The molecule has 0 unspecified atom stereocenters. The molecule has 0 saturated carbocycles. The third kappa shape index (κ3) is 0.865. The van der Waals surface area contributed by atoms with Crippen molar-refractivity contribution in [2.24, 2.45) is 0 Å². The summed E-state index contributed by atoms with van der Waals surface area (Å²) >= 11 is 0.888. The normalized spacial score (nSPS) is 16.2. The van der Waals surface area contributed by atoms with Gasteiger partial charge >= 0.3 is 0 Å². The van der Waals surface area contributed by atoms with Gasteiger partial charge in [0.25, 0.3) is 5.19 Å². The molecule has 0 amide bonds. The molecule has 4 nitrogen and oxygen atoms in total. The first-order chi connectivity index (χ1) is 4.97. The molecule has 44 valence electrons. The number of nitrogens with two attached hydrogens (primary N) is 1. The molecule has 0 saturated heterocycles. The molecule has 0 aliphatic carbocycles. The Kier molecular flexibility index (Phi) is 0.643. The Morgan fingerprint density at radius 3 is 3.25 bits per heavy atom. The standard InChI is InChI=1S/C3H5N3OS/c1-7-3-6-5-2(4)8-3/h1H3,(H2,4,5)/i1D3. The van der Waals surface area contributed by atoms with Crippen LogP contribution >= 0.6 is 11.3 Å². The highest BCUT2D eigenvalue weighted by Crippen LogP contribution is 2.17. The van der Waals surface area contributed by atoms with Gasteiger partial charge in [-0.2, -0.15) is 0 Å². The van der Waals surface area contributed by atoms with Gasteiger partial charge in [-0.25, -0.2) is 0 Å². The van der Waals surface area contributed by atoms with Crippen molar-refractivity contribution in [2.45, 2.75) is 0 Å². The van der Waals surface area contributed by atoms with Crippen LogP contribution in [-0.2, 0) is 0 Å². The van der Waals surface area contributed by atoms with Gasteiger partial charge in [0.15, 0.2) is 0 Å². The van der Waals surface area contributed by atoms with Gasteiger partial charge in [-0.15, -0.1) is 5.10 Å². The first kappa shape index (κ1) is 2.63. The van der Waals surface area contributed by atoms with E-state index in [1.54, 1.807) is 0 Å². The Bertz CT molecular complexity index is 246. The lowest BCUT2D eigenvalue weighted by molar-refractivity contribution is 0.407. The number of nitrogen functional groups attached to an aromatic ring is 1. The van der Waals surface area contributed by atoms with Crippen LogP contribution in [0.4, 0.5) is 5.13 Å². The number of aromatic nitrogens is 2. The van der Waals surface area contributed by atoms with Crippen molar-refractivity contribution in [3.63, 3.8) is 0 Å². The van der Waals surface area contributed by atoms with Gasteiger partial charge in [-0.1, -0.05) is 5.10 Å². The highest BCUT2D eigenvalue weighted by atomic mass is 32.1. The number of nitrogens with zero attached hydrogens (tertiary/aromatic N) is 2. The Hall–Kier alpha value is -0.840. The largest absolute Gasteiger partial charge is 0.472 e. The number of ether oxygens (including phenoxy) is 1. The van der Waals surface area contributed by atoms with E-state index >= 15 is 0 Å². The predicted molar refractivity (Wildman–Crippen MR) is 30.9 cm³/mol. The molecule has 8 heavy (non-hydrogen) atoms. The number of anilines is 1. The minimum Gasteiger partial charge on any atom is -0.472 e. The zero-order valence-electron chi connectivity index (χ0n) is 6.79. The number of hydrogen-bond donors (Lipinski definition) is 1. The fraction of sp³-hybridized carbons (Fsp3) is 0.333. The smallest absolute Gasteiger partial charge is 0.295 e. The van der Waals surface area contributed by atoms with Crippen LogP contribution in [0.15, 0.2) is 0 Å². The predicted octanol–water partition coefficient (Wildman–Crippen LogP) is 0.129. The Morgan fingerprint density at radius 2 is 2.75 bits per heavy atom. The summed E-state index contributed by atoms with van der Waals surface area (Å²) in [5, 5.41) is 6.88.